The SMILES string of the molecule is C=S1(=C)CS(=C)(=C)N1. The average molecular weight is 149 g/mol. The Kier molecular flexibility index (Phi) is 1.05. The fourth-order valence-corrected chi connectivity index (χ4v) is 7.15. The van der Waals surface area contributed by atoms with Crippen LogP contribution in [0.1, 0.15) is 0 Å². The molecule has 0 aromatic heterocycles. The van der Waals surface area contributed by atoms with Crippen molar-refractivity contribution in [2.75, 3.05) is 5.08 Å². The van der Waals surface area contributed by atoms with Gasteiger partial charge in [-0.3, -0.25) is 0 Å². The molecule has 1 aliphatic rings. The molecule has 0 radical (unpaired) electrons. The molecule has 48 valence electrons. The Morgan fingerprint density at radius 3 is 1.25 bits per heavy atom. The average Bonchev–Trinajstić information content (AvgIpc) is 1.20. The first-order valence-corrected chi connectivity index (χ1v) is 6.42. The molecule has 1 N–H and O–H groups in total. The molecule has 1 nitrogen and oxygen atoms in total. The second-order valence-corrected chi connectivity index (χ2v) is 8.08. The standard InChI is InChI=1S/C5H11NS2/c1-7(2)5-8(3,4)6-7/h6H,1-5H2. The van der Waals surface area contributed by atoms with Crippen molar-refractivity contribution in [3.8, 4) is 0 Å². The van der Waals surface area contributed by atoms with Gasteiger partial charge in [0.1, 0.15) is 0 Å². The predicted octanol–water partition coefficient (Wildman–Crippen LogP) is 0.714. The second-order valence-electron chi connectivity index (χ2n) is 2.29. The molecule has 0 spiro atoms. The number of hydrogen-bond acceptors (Lipinski definition) is 1. The summed E-state index contributed by atoms with van der Waals surface area (Å²) in [6.07, 6.45) is 0. The highest BCUT2D eigenvalue weighted by Gasteiger charge is 2.13. The highest BCUT2D eigenvalue weighted by molar-refractivity contribution is 8.54. The van der Waals surface area contributed by atoms with Gasteiger partial charge in [-0.15, -0.1) is 18.8 Å². The van der Waals surface area contributed by atoms with Gasteiger partial charge in [-0.25, -0.2) is 4.13 Å². The highest BCUT2D eigenvalue weighted by atomic mass is 32.3. The van der Waals surface area contributed by atoms with Crippen molar-refractivity contribution < 1.29 is 0 Å². The molecule has 1 heterocycles. The topological polar surface area (TPSA) is 12.0 Å². The van der Waals surface area contributed by atoms with Crippen LogP contribution in [0, 0.1) is 0 Å². The number of rotatable bonds is 0. The van der Waals surface area contributed by atoms with E-state index in [0.29, 0.717) is 0 Å². The van der Waals surface area contributed by atoms with Gasteiger partial charge in [0, 0.05) is 5.08 Å². The molecule has 0 saturated carbocycles. The molecule has 8 heavy (non-hydrogen) atoms. The van der Waals surface area contributed by atoms with Crippen LogP contribution >= 0.6 is 18.8 Å². The van der Waals surface area contributed by atoms with E-state index < -0.39 is 18.8 Å². The van der Waals surface area contributed by atoms with Gasteiger partial charge < -0.3 is 0 Å². The summed E-state index contributed by atoms with van der Waals surface area (Å²) in [5.41, 5.74) is 0. The molecule has 0 aromatic rings. The highest BCUT2D eigenvalue weighted by Crippen LogP contribution is 2.42. The summed E-state index contributed by atoms with van der Waals surface area (Å²) >= 11 is 0. The van der Waals surface area contributed by atoms with Gasteiger partial charge in [0.05, 0.1) is 0 Å². The molecular formula is C5H11NS2. The lowest BCUT2D eigenvalue weighted by Gasteiger charge is -2.35. The fraction of sp³-hybridized carbons (Fsp3) is 0.200. The van der Waals surface area contributed by atoms with Gasteiger partial charge in [0.2, 0.25) is 0 Å². The van der Waals surface area contributed by atoms with Crippen molar-refractivity contribution >= 4 is 42.3 Å². The Morgan fingerprint density at radius 1 is 1.00 bits per heavy atom. The summed E-state index contributed by atoms with van der Waals surface area (Å²) in [6.45, 7) is 0. The molecule has 0 aliphatic carbocycles. The fourth-order valence-electron chi connectivity index (χ4n) is 0.795. The molecule has 0 aromatic carbocycles. The predicted molar refractivity (Wildman–Crippen MR) is 51.7 cm³/mol. The lowest BCUT2D eigenvalue weighted by atomic mass is 11.9. The molecule has 0 amide bonds. The van der Waals surface area contributed by atoms with Gasteiger partial charge >= 0.3 is 0 Å². The third kappa shape index (κ3) is 1.10. The van der Waals surface area contributed by atoms with E-state index in [1.165, 1.54) is 0 Å². The summed E-state index contributed by atoms with van der Waals surface area (Å²) in [6, 6.07) is 0. The van der Waals surface area contributed by atoms with E-state index in [1.54, 1.807) is 0 Å². The van der Waals surface area contributed by atoms with Crippen LogP contribution in [0.5, 0.6) is 0 Å². The van der Waals surface area contributed by atoms with Crippen LogP contribution in [0.2, 0.25) is 0 Å². The zero-order valence-electron chi connectivity index (χ0n) is 4.85. The van der Waals surface area contributed by atoms with E-state index in [2.05, 4.69) is 27.6 Å². The zero-order chi connectivity index (χ0) is 6.41. The van der Waals surface area contributed by atoms with Crippen LogP contribution in [-0.4, -0.2) is 28.6 Å². The minimum Gasteiger partial charge on any atom is -0.231 e. The third-order valence-corrected chi connectivity index (χ3v) is 7.24. The molecule has 1 saturated heterocycles. The van der Waals surface area contributed by atoms with Crippen molar-refractivity contribution in [1.82, 2.24) is 4.13 Å². The second kappa shape index (κ2) is 1.35. The van der Waals surface area contributed by atoms with Crippen LogP contribution in [0.3, 0.4) is 0 Å². The third-order valence-electron chi connectivity index (χ3n) is 0.805. The maximum absolute atomic E-state index is 3.87. The Bertz CT molecular complexity index is 230. The van der Waals surface area contributed by atoms with Crippen molar-refractivity contribution in [2.24, 2.45) is 0 Å². The van der Waals surface area contributed by atoms with Gasteiger partial charge in [0.15, 0.2) is 0 Å². The van der Waals surface area contributed by atoms with Gasteiger partial charge in [-0.05, 0) is 0 Å². The normalized spacial score (nSPS) is 31.0. The van der Waals surface area contributed by atoms with Crippen molar-refractivity contribution in [2.45, 2.75) is 0 Å². The van der Waals surface area contributed by atoms with Gasteiger partial charge in [0.25, 0.3) is 0 Å². The molecule has 1 aliphatic heterocycles. The van der Waals surface area contributed by atoms with Crippen molar-refractivity contribution in [1.29, 1.82) is 0 Å². The van der Waals surface area contributed by atoms with Crippen LogP contribution in [0.15, 0.2) is 0 Å². The summed E-state index contributed by atoms with van der Waals surface area (Å²) in [5.74, 6) is 15.5. The summed E-state index contributed by atoms with van der Waals surface area (Å²) in [4.78, 5) is 0. The Labute approximate surface area is 51.9 Å². The van der Waals surface area contributed by atoms with Crippen molar-refractivity contribution in [3.63, 3.8) is 0 Å². The van der Waals surface area contributed by atoms with E-state index in [1.807, 2.05) is 0 Å². The maximum atomic E-state index is 3.87. The van der Waals surface area contributed by atoms with Crippen LogP contribution in [-0.2, 0) is 0 Å². The number of nitrogens with one attached hydrogen (secondary N) is 1. The summed E-state index contributed by atoms with van der Waals surface area (Å²) in [7, 11) is -1.85. The molecule has 0 atom stereocenters. The monoisotopic (exact) mass is 149 g/mol. The maximum Gasteiger partial charge on any atom is 0.0442 e. The molecule has 1 rings (SSSR count). The first kappa shape index (κ1) is 6.26. The molecular weight excluding hydrogens is 138 g/mol. The summed E-state index contributed by atoms with van der Waals surface area (Å²) in [5, 5.41) is 1.01. The summed E-state index contributed by atoms with van der Waals surface area (Å²) < 4.78 is 3.18. The smallest absolute Gasteiger partial charge is 0.0442 e. The van der Waals surface area contributed by atoms with Gasteiger partial charge in [-0.2, -0.15) is 0 Å². The van der Waals surface area contributed by atoms with Crippen LogP contribution in [0.25, 0.3) is 0 Å². The zero-order valence-corrected chi connectivity index (χ0v) is 6.49. The van der Waals surface area contributed by atoms with E-state index >= 15 is 0 Å². The number of hydrogen-bond donors (Lipinski definition) is 1. The Morgan fingerprint density at radius 2 is 1.25 bits per heavy atom. The van der Waals surface area contributed by atoms with Gasteiger partial charge in [-0.1, -0.05) is 23.5 Å². The lowest BCUT2D eigenvalue weighted by molar-refractivity contribution is 1.65. The minimum atomic E-state index is -0.927. The van der Waals surface area contributed by atoms with E-state index in [4.69, 9.17) is 0 Å². The molecule has 1 fully saturated rings. The van der Waals surface area contributed by atoms with E-state index in [0.717, 1.165) is 5.08 Å². The largest absolute Gasteiger partial charge is 0.231 e. The van der Waals surface area contributed by atoms with Crippen LogP contribution < -0.4 is 4.13 Å². The van der Waals surface area contributed by atoms with E-state index in [-0.39, 0.29) is 0 Å². The minimum absolute atomic E-state index is 0.927. The lowest BCUT2D eigenvalue weighted by Crippen LogP contribution is -2.20. The molecule has 3 heteroatoms. The molecule has 0 unspecified atom stereocenters. The van der Waals surface area contributed by atoms with Crippen molar-refractivity contribution in [3.05, 3.63) is 0 Å². The first-order chi connectivity index (χ1) is 3.41. The Balaban J connectivity index is 3.00. The van der Waals surface area contributed by atoms with Crippen LogP contribution in [0.4, 0.5) is 0 Å². The first-order valence-electron chi connectivity index (χ1n) is 2.14. The molecule has 0 bridgehead atoms. The van der Waals surface area contributed by atoms with E-state index in [9.17, 15) is 0 Å². The quantitative estimate of drug-likeness (QED) is 0.500. The Hall–Kier alpha value is 0.140.